The molecule has 2 aromatic heterocycles. The normalized spacial score (nSPS) is 18.3. The lowest BCUT2D eigenvalue weighted by Gasteiger charge is -2.34. The molecule has 1 aliphatic heterocycles. The zero-order valence-corrected chi connectivity index (χ0v) is 12.6. The second kappa shape index (κ2) is 5.79. The average molecular weight is 307 g/mol. The predicted octanol–water partition coefficient (Wildman–Crippen LogP) is 2.72. The number of H-pyrrole nitrogens is 1. The minimum atomic E-state index is -0.0364. The second-order valence-electron chi connectivity index (χ2n) is 5.76. The number of likely N-dealkylation sites (tertiary alicyclic amines) is 1. The lowest BCUT2D eigenvalue weighted by Crippen LogP contribution is -2.39. The number of piperidine rings is 1. The number of pyridine rings is 1. The van der Waals surface area contributed by atoms with Crippen molar-refractivity contribution in [3.63, 3.8) is 0 Å². The summed E-state index contributed by atoms with van der Waals surface area (Å²) < 4.78 is 0. The standard InChI is InChI=1S/C17H17N5O/c23-17(13-5-3-7-14-12(13)6-4-9-18-14)22-10-2-1-8-15(22)16-19-11-20-21-16/h3-7,9,11,15H,1-2,8,10H2,(H,19,20,21)/t15-/m1/s1. The Kier molecular flexibility index (Phi) is 3.49. The Labute approximate surface area is 133 Å². The van der Waals surface area contributed by atoms with Crippen molar-refractivity contribution in [2.75, 3.05) is 6.54 Å². The minimum absolute atomic E-state index is 0.0321. The van der Waals surface area contributed by atoms with Crippen molar-refractivity contribution in [1.82, 2.24) is 25.1 Å². The molecule has 6 nitrogen and oxygen atoms in total. The van der Waals surface area contributed by atoms with Crippen LogP contribution in [0.5, 0.6) is 0 Å². The van der Waals surface area contributed by atoms with E-state index in [1.54, 1.807) is 6.20 Å². The van der Waals surface area contributed by atoms with Crippen LogP contribution in [0, 0.1) is 0 Å². The third-order valence-corrected chi connectivity index (χ3v) is 4.39. The van der Waals surface area contributed by atoms with Crippen LogP contribution in [-0.2, 0) is 0 Å². The van der Waals surface area contributed by atoms with Gasteiger partial charge in [-0.05, 0) is 37.5 Å². The van der Waals surface area contributed by atoms with E-state index in [4.69, 9.17) is 0 Å². The SMILES string of the molecule is O=C(c1cccc2ncccc12)N1CCCC[C@@H]1c1ncn[nH]1. The Balaban J connectivity index is 1.74. The van der Waals surface area contributed by atoms with Crippen molar-refractivity contribution in [2.45, 2.75) is 25.3 Å². The van der Waals surface area contributed by atoms with Gasteiger partial charge in [0.1, 0.15) is 12.2 Å². The Morgan fingerprint density at radius 3 is 3.00 bits per heavy atom. The molecule has 0 spiro atoms. The molecule has 1 saturated heterocycles. The predicted molar refractivity (Wildman–Crippen MR) is 85.8 cm³/mol. The van der Waals surface area contributed by atoms with Crippen LogP contribution in [0.4, 0.5) is 0 Å². The molecule has 0 aliphatic carbocycles. The zero-order chi connectivity index (χ0) is 15.6. The number of aromatic nitrogens is 4. The maximum Gasteiger partial charge on any atom is 0.255 e. The van der Waals surface area contributed by atoms with E-state index in [1.807, 2.05) is 35.2 Å². The summed E-state index contributed by atoms with van der Waals surface area (Å²) in [5.74, 6) is 0.793. The first-order chi connectivity index (χ1) is 11.3. The molecule has 3 heterocycles. The fourth-order valence-corrected chi connectivity index (χ4v) is 3.28. The maximum absolute atomic E-state index is 13.2. The minimum Gasteiger partial charge on any atom is -0.328 e. The third-order valence-electron chi connectivity index (χ3n) is 4.39. The number of carbonyl (C=O) groups excluding carboxylic acids is 1. The highest BCUT2D eigenvalue weighted by Gasteiger charge is 2.31. The second-order valence-corrected chi connectivity index (χ2v) is 5.76. The van der Waals surface area contributed by atoms with Gasteiger partial charge in [-0.1, -0.05) is 12.1 Å². The van der Waals surface area contributed by atoms with Gasteiger partial charge >= 0.3 is 0 Å². The van der Waals surface area contributed by atoms with Crippen molar-refractivity contribution in [3.8, 4) is 0 Å². The molecule has 0 saturated carbocycles. The molecule has 0 radical (unpaired) electrons. The van der Waals surface area contributed by atoms with Gasteiger partial charge in [0.2, 0.25) is 0 Å². The molecule has 1 atom stereocenters. The fraction of sp³-hybridized carbons (Fsp3) is 0.294. The summed E-state index contributed by atoms with van der Waals surface area (Å²) >= 11 is 0. The molecular weight excluding hydrogens is 290 g/mol. The monoisotopic (exact) mass is 307 g/mol. The first-order valence-corrected chi connectivity index (χ1v) is 7.84. The number of nitrogens with zero attached hydrogens (tertiary/aromatic N) is 4. The summed E-state index contributed by atoms with van der Waals surface area (Å²) in [4.78, 5) is 23.7. The average Bonchev–Trinajstić information content (AvgIpc) is 3.15. The van der Waals surface area contributed by atoms with Crippen LogP contribution in [0.3, 0.4) is 0 Å². The fourth-order valence-electron chi connectivity index (χ4n) is 3.28. The highest BCUT2D eigenvalue weighted by Crippen LogP contribution is 2.31. The van der Waals surface area contributed by atoms with Crippen molar-refractivity contribution in [1.29, 1.82) is 0 Å². The number of carbonyl (C=O) groups is 1. The molecule has 116 valence electrons. The Bertz CT molecular complexity index is 825. The van der Waals surface area contributed by atoms with Gasteiger partial charge in [0.15, 0.2) is 0 Å². The Hall–Kier alpha value is -2.76. The van der Waals surface area contributed by atoms with E-state index < -0.39 is 0 Å². The number of amides is 1. The highest BCUT2D eigenvalue weighted by atomic mass is 16.2. The van der Waals surface area contributed by atoms with E-state index in [1.165, 1.54) is 6.33 Å². The summed E-state index contributed by atoms with van der Waals surface area (Å²) in [5.41, 5.74) is 1.54. The number of hydrogen-bond acceptors (Lipinski definition) is 4. The van der Waals surface area contributed by atoms with Gasteiger partial charge in [-0.15, -0.1) is 0 Å². The van der Waals surface area contributed by atoms with Gasteiger partial charge in [-0.3, -0.25) is 14.9 Å². The third kappa shape index (κ3) is 2.46. The lowest BCUT2D eigenvalue weighted by atomic mass is 9.99. The smallest absolute Gasteiger partial charge is 0.255 e. The Morgan fingerprint density at radius 1 is 1.17 bits per heavy atom. The van der Waals surface area contributed by atoms with Crippen LogP contribution >= 0.6 is 0 Å². The highest BCUT2D eigenvalue weighted by molar-refractivity contribution is 6.06. The van der Waals surface area contributed by atoms with Crippen molar-refractivity contribution >= 4 is 16.8 Å². The maximum atomic E-state index is 13.2. The summed E-state index contributed by atoms with van der Waals surface area (Å²) in [6.07, 6.45) is 6.25. The van der Waals surface area contributed by atoms with E-state index >= 15 is 0 Å². The number of rotatable bonds is 2. The van der Waals surface area contributed by atoms with Gasteiger partial charge in [-0.25, -0.2) is 4.98 Å². The number of aromatic amines is 1. The van der Waals surface area contributed by atoms with E-state index in [0.29, 0.717) is 5.56 Å². The van der Waals surface area contributed by atoms with Crippen molar-refractivity contribution in [3.05, 3.63) is 54.2 Å². The largest absolute Gasteiger partial charge is 0.328 e. The number of hydrogen-bond donors (Lipinski definition) is 1. The van der Waals surface area contributed by atoms with Gasteiger partial charge in [0.05, 0.1) is 11.6 Å². The quantitative estimate of drug-likeness (QED) is 0.790. The van der Waals surface area contributed by atoms with Gasteiger partial charge in [-0.2, -0.15) is 5.10 Å². The molecule has 1 aliphatic rings. The van der Waals surface area contributed by atoms with E-state index in [9.17, 15) is 4.79 Å². The van der Waals surface area contributed by atoms with Crippen LogP contribution in [-0.4, -0.2) is 37.5 Å². The molecule has 1 aromatic carbocycles. The number of nitrogens with one attached hydrogen (secondary N) is 1. The summed E-state index contributed by atoms with van der Waals surface area (Å²) in [5, 5.41) is 7.73. The molecule has 4 rings (SSSR count). The van der Waals surface area contributed by atoms with E-state index in [0.717, 1.165) is 42.5 Å². The first-order valence-electron chi connectivity index (χ1n) is 7.84. The molecule has 3 aromatic rings. The Morgan fingerprint density at radius 2 is 2.13 bits per heavy atom. The van der Waals surface area contributed by atoms with Crippen LogP contribution in [0.1, 0.15) is 41.5 Å². The molecule has 0 bridgehead atoms. The molecule has 1 N–H and O–H groups in total. The molecule has 1 fully saturated rings. The molecule has 23 heavy (non-hydrogen) atoms. The van der Waals surface area contributed by atoms with E-state index in [-0.39, 0.29) is 11.9 Å². The summed E-state index contributed by atoms with van der Waals surface area (Å²) in [6.45, 7) is 0.737. The van der Waals surface area contributed by atoms with Gasteiger partial charge in [0.25, 0.3) is 5.91 Å². The first kappa shape index (κ1) is 13.9. The molecule has 1 amide bonds. The molecule has 6 heteroatoms. The van der Waals surface area contributed by atoms with Crippen LogP contribution in [0.25, 0.3) is 10.9 Å². The van der Waals surface area contributed by atoms with Crippen LogP contribution < -0.4 is 0 Å². The number of fused-ring (bicyclic) bond motifs is 1. The topological polar surface area (TPSA) is 74.8 Å². The van der Waals surface area contributed by atoms with Crippen molar-refractivity contribution < 1.29 is 4.79 Å². The molecular formula is C17H17N5O. The van der Waals surface area contributed by atoms with Gasteiger partial charge < -0.3 is 4.90 Å². The molecule has 0 unspecified atom stereocenters. The van der Waals surface area contributed by atoms with Crippen LogP contribution in [0.15, 0.2) is 42.9 Å². The van der Waals surface area contributed by atoms with E-state index in [2.05, 4.69) is 20.2 Å². The summed E-state index contributed by atoms with van der Waals surface area (Å²) in [7, 11) is 0. The number of benzene rings is 1. The van der Waals surface area contributed by atoms with Crippen LogP contribution in [0.2, 0.25) is 0 Å². The zero-order valence-electron chi connectivity index (χ0n) is 12.6. The van der Waals surface area contributed by atoms with Crippen molar-refractivity contribution in [2.24, 2.45) is 0 Å². The van der Waals surface area contributed by atoms with Gasteiger partial charge in [0, 0.05) is 23.7 Å². The lowest BCUT2D eigenvalue weighted by molar-refractivity contribution is 0.0602. The summed E-state index contributed by atoms with van der Waals surface area (Å²) in [6, 6.07) is 9.46.